The molecule has 3 rings (SSSR count). The van der Waals surface area contributed by atoms with Crippen LogP contribution in [0.1, 0.15) is 39.5 Å². The Morgan fingerprint density at radius 2 is 2.00 bits per heavy atom. The summed E-state index contributed by atoms with van der Waals surface area (Å²) in [5.41, 5.74) is 1.12. The highest BCUT2D eigenvalue weighted by Gasteiger charge is 2.24. The van der Waals surface area contributed by atoms with E-state index in [2.05, 4.69) is 20.6 Å². The number of hydrogen-bond acceptors (Lipinski definition) is 6. The number of aryl methyl sites for hydroxylation is 1. The molecule has 130 valence electrons. The van der Waals surface area contributed by atoms with Crippen LogP contribution in [0.3, 0.4) is 0 Å². The smallest absolute Gasteiger partial charge is 0.337 e. The first-order valence-corrected chi connectivity index (χ1v) is 8.15. The standard InChI is InChI=1S/C17H17ClN4O3/c1-9-19-14(16(23)21-11-4-5-11)8-15(20-9)22-13-7-10(17(24)25-2)3-6-12(13)18/h3,6-8,11H,4-5H2,1-2H3,(H,21,23)(H,19,20,22). The maximum Gasteiger partial charge on any atom is 0.337 e. The number of carbonyl (C=O) groups excluding carboxylic acids is 2. The molecule has 1 aliphatic rings. The summed E-state index contributed by atoms with van der Waals surface area (Å²) in [5.74, 6) is 0.164. The minimum absolute atomic E-state index is 0.231. The third kappa shape index (κ3) is 4.24. The van der Waals surface area contributed by atoms with E-state index >= 15 is 0 Å². The Hall–Kier alpha value is -2.67. The zero-order chi connectivity index (χ0) is 18.0. The van der Waals surface area contributed by atoms with E-state index in [1.54, 1.807) is 31.2 Å². The van der Waals surface area contributed by atoms with Crippen LogP contribution in [0.4, 0.5) is 11.5 Å². The SMILES string of the molecule is COC(=O)c1ccc(Cl)c(Nc2cc(C(=O)NC3CC3)nc(C)n2)c1. The van der Waals surface area contributed by atoms with Crippen molar-refractivity contribution in [1.29, 1.82) is 0 Å². The van der Waals surface area contributed by atoms with Crippen molar-refractivity contribution in [3.8, 4) is 0 Å². The molecule has 0 radical (unpaired) electrons. The normalized spacial score (nSPS) is 13.2. The minimum atomic E-state index is -0.469. The summed E-state index contributed by atoms with van der Waals surface area (Å²) in [7, 11) is 1.31. The van der Waals surface area contributed by atoms with Gasteiger partial charge in [0.1, 0.15) is 17.3 Å². The van der Waals surface area contributed by atoms with E-state index in [1.807, 2.05) is 0 Å². The van der Waals surface area contributed by atoms with Crippen LogP contribution >= 0.6 is 11.6 Å². The van der Waals surface area contributed by atoms with Gasteiger partial charge in [-0.25, -0.2) is 14.8 Å². The summed E-state index contributed by atoms with van der Waals surface area (Å²) in [5, 5.41) is 6.32. The van der Waals surface area contributed by atoms with Crippen molar-refractivity contribution in [2.45, 2.75) is 25.8 Å². The lowest BCUT2D eigenvalue weighted by Gasteiger charge is -2.11. The average molecular weight is 361 g/mol. The number of benzene rings is 1. The maximum absolute atomic E-state index is 12.2. The Balaban J connectivity index is 1.86. The summed E-state index contributed by atoms with van der Waals surface area (Å²) >= 11 is 6.18. The molecule has 7 nitrogen and oxygen atoms in total. The van der Waals surface area contributed by atoms with Gasteiger partial charge in [0, 0.05) is 12.1 Å². The summed E-state index contributed by atoms with van der Waals surface area (Å²) < 4.78 is 4.71. The van der Waals surface area contributed by atoms with E-state index in [4.69, 9.17) is 16.3 Å². The van der Waals surface area contributed by atoms with Crippen molar-refractivity contribution in [3.05, 3.63) is 46.4 Å². The van der Waals surface area contributed by atoms with E-state index in [1.165, 1.54) is 7.11 Å². The van der Waals surface area contributed by atoms with Crippen LogP contribution in [0.15, 0.2) is 24.3 Å². The number of amides is 1. The van der Waals surface area contributed by atoms with E-state index in [0.29, 0.717) is 27.9 Å². The van der Waals surface area contributed by atoms with Crippen LogP contribution in [-0.2, 0) is 4.74 Å². The summed E-state index contributed by atoms with van der Waals surface area (Å²) in [6.07, 6.45) is 1.99. The van der Waals surface area contributed by atoms with Crippen molar-refractivity contribution < 1.29 is 14.3 Å². The number of methoxy groups -OCH3 is 1. The van der Waals surface area contributed by atoms with E-state index < -0.39 is 5.97 Å². The summed E-state index contributed by atoms with van der Waals surface area (Å²) in [6, 6.07) is 6.51. The minimum Gasteiger partial charge on any atom is -0.465 e. The molecule has 1 heterocycles. The molecule has 1 saturated carbocycles. The number of nitrogens with one attached hydrogen (secondary N) is 2. The molecule has 0 saturated heterocycles. The lowest BCUT2D eigenvalue weighted by atomic mass is 10.2. The molecule has 2 N–H and O–H groups in total. The molecule has 1 fully saturated rings. The number of carbonyl (C=O) groups is 2. The van der Waals surface area contributed by atoms with Gasteiger partial charge in [-0.05, 0) is 38.0 Å². The third-order valence-electron chi connectivity index (χ3n) is 3.63. The van der Waals surface area contributed by atoms with Gasteiger partial charge in [-0.15, -0.1) is 0 Å². The van der Waals surface area contributed by atoms with Crippen molar-refractivity contribution in [2.75, 3.05) is 12.4 Å². The number of nitrogens with zero attached hydrogens (tertiary/aromatic N) is 2. The van der Waals surface area contributed by atoms with Crippen molar-refractivity contribution >= 4 is 35.0 Å². The van der Waals surface area contributed by atoms with Crippen LogP contribution < -0.4 is 10.6 Å². The second-order valence-electron chi connectivity index (χ2n) is 5.74. The molecule has 0 unspecified atom stereocenters. The zero-order valence-electron chi connectivity index (χ0n) is 13.8. The molecule has 0 aliphatic heterocycles. The molecule has 0 bridgehead atoms. The fourth-order valence-electron chi connectivity index (χ4n) is 2.24. The predicted octanol–water partition coefficient (Wildman–Crippen LogP) is 2.86. The predicted molar refractivity (Wildman–Crippen MR) is 93.3 cm³/mol. The van der Waals surface area contributed by atoms with Crippen molar-refractivity contribution in [1.82, 2.24) is 15.3 Å². The van der Waals surface area contributed by atoms with Gasteiger partial charge in [0.2, 0.25) is 0 Å². The van der Waals surface area contributed by atoms with E-state index in [-0.39, 0.29) is 17.6 Å². The Labute approximate surface area is 149 Å². The molecule has 0 atom stereocenters. The van der Waals surface area contributed by atoms with Gasteiger partial charge in [0.15, 0.2) is 0 Å². The van der Waals surface area contributed by atoms with Crippen LogP contribution in [0.2, 0.25) is 5.02 Å². The molecule has 1 aromatic heterocycles. The molecular formula is C17H17ClN4O3. The van der Waals surface area contributed by atoms with Crippen LogP contribution in [0.5, 0.6) is 0 Å². The van der Waals surface area contributed by atoms with Gasteiger partial charge in [-0.2, -0.15) is 0 Å². The first kappa shape index (κ1) is 17.2. The largest absolute Gasteiger partial charge is 0.465 e. The number of aromatic nitrogens is 2. The van der Waals surface area contributed by atoms with Gasteiger partial charge in [-0.3, -0.25) is 4.79 Å². The van der Waals surface area contributed by atoms with Gasteiger partial charge in [0.25, 0.3) is 5.91 Å². The molecular weight excluding hydrogens is 344 g/mol. The quantitative estimate of drug-likeness (QED) is 0.796. The van der Waals surface area contributed by atoms with E-state index in [0.717, 1.165) is 12.8 Å². The lowest BCUT2D eigenvalue weighted by molar-refractivity contribution is 0.0600. The van der Waals surface area contributed by atoms with Crippen molar-refractivity contribution in [3.63, 3.8) is 0 Å². The highest BCUT2D eigenvalue weighted by molar-refractivity contribution is 6.33. The topological polar surface area (TPSA) is 93.2 Å². The highest BCUT2D eigenvalue weighted by atomic mass is 35.5. The Bertz CT molecular complexity index is 837. The number of rotatable bonds is 5. The first-order chi connectivity index (χ1) is 12.0. The van der Waals surface area contributed by atoms with Crippen molar-refractivity contribution in [2.24, 2.45) is 0 Å². The number of hydrogen-bond donors (Lipinski definition) is 2. The van der Waals surface area contributed by atoms with Crippen LogP contribution in [0.25, 0.3) is 0 Å². The second kappa shape index (κ2) is 7.06. The molecule has 1 aromatic carbocycles. The maximum atomic E-state index is 12.2. The summed E-state index contributed by atoms with van der Waals surface area (Å²) in [6.45, 7) is 1.70. The number of esters is 1. The number of halogens is 1. The molecule has 1 aliphatic carbocycles. The molecule has 25 heavy (non-hydrogen) atoms. The fourth-order valence-corrected chi connectivity index (χ4v) is 2.40. The first-order valence-electron chi connectivity index (χ1n) is 7.77. The fraction of sp³-hybridized carbons (Fsp3) is 0.294. The molecule has 8 heteroatoms. The van der Waals surface area contributed by atoms with Crippen LogP contribution in [-0.4, -0.2) is 35.0 Å². The Kier molecular flexibility index (Phi) is 4.85. The van der Waals surface area contributed by atoms with Crippen LogP contribution in [0, 0.1) is 6.92 Å². The number of ether oxygens (including phenoxy) is 1. The lowest BCUT2D eigenvalue weighted by Crippen LogP contribution is -2.26. The van der Waals surface area contributed by atoms with Gasteiger partial charge in [-0.1, -0.05) is 11.6 Å². The number of anilines is 2. The average Bonchev–Trinajstić information content (AvgIpc) is 3.39. The molecule has 1 amide bonds. The van der Waals surface area contributed by atoms with Gasteiger partial charge < -0.3 is 15.4 Å². The Morgan fingerprint density at radius 3 is 2.68 bits per heavy atom. The zero-order valence-corrected chi connectivity index (χ0v) is 14.6. The monoisotopic (exact) mass is 360 g/mol. The van der Waals surface area contributed by atoms with Gasteiger partial charge >= 0.3 is 5.97 Å². The highest BCUT2D eigenvalue weighted by Crippen LogP contribution is 2.27. The Morgan fingerprint density at radius 1 is 1.24 bits per heavy atom. The molecule has 2 aromatic rings. The summed E-state index contributed by atoms with van der Waals surface area (Å²) in [4.78, 5) is 32.3. The van der Waals surface area contributed by atoms with Gasteiger partial charge in [0.05, 0.1) is 23.4 Å². The second-order valence-corrected chi connectivity index (χ2v) is 6.15. The van der Waals surface area contributed by atoms with E-state index in [9.17, 15) is 9.59 Å². The third-order valence-corrected chi connectivity index (χ3v) is 3.96. The molecule has 0 spiro atoms.